The number of ether oxygens (including phenoxy) is 1. The molecule has 3 nitrogen and oxygen atoms in total. The SMILES string of the molecule is CCc1nn(CCOCC(C)C)c(CC)c1I. The Hall–Kier alpha value is -0.100. The lowest BCUT2D eigenvalue weighted by Crippen LogP contribution is -2.12. The van der Waals surface area contributed by atoms with Crippen LogP contribution in [0.4, 0.5) is 0 Å². The standard InChI is InChI=1S/C13H23IN2O/c1-5-11-13(14)12(6-2)16(15-11)7-8-17-9-10(3)4/h10H,5-9H2,1-4H3. The average molecular weight is 350 g/mol. The van der Waals surface area contributed by atoms with Crippen molar-refractivity contribution in [2.24, 2.45) is 5.92 Å². The molecule has 4 heteroatoms. The topological polar surface area (TPSA) is 27.1 Å². The molecule has 1 heterocycles. The minimum Gasteiger partial charge on any atom is -0.379 e. The summed E-state index contributed by atoms with van der Waals surface area (Å²) in [5, 5.41) is 4.64. The molecule has 98 valence electrons. The third-order valence-corrected chi connectivity index (χ3v) is 3.87. The van der Waals surface area contributed by atoms with E-state index >= 15 is 0 Å². The quantitative estimate of drug-likeness (QED) is 0.557. The molecule has 0 aliphatic carbocycles. The van der Waals surface area contributed by atoms with Crippen LogP contribution in [0.3, 0.4) is 0 Å². The molecule has 0 aliphatic rings. The maximum atomic E-state index is 5.62. The molecule has 0 N–H and O–H groups in total. The zero-order chi connectivity index (χ0) is 12.8. The van der Waals surface area contributed by atoms with Crippen LogP contribution in [-0.4, -0.2) is 23.0 Å². The average Bonchev–Trinajstić information content (AvgIpc) is 2.60. The molecule has 0 unspecified atom stereocenters. The molecule has 0 saturated carbocycles. The van der Waals surface area contributed by atoms with E-state index in [-0.39, 0.29) is 0 Å². The molecule has 0 aliphatic heterocycles. The first-order valence-electron chi connectivity index (χ1n) is 6.41. The molecule has 0 saturated heterocycles. The number of rotatable bonds is 7. The Balaban J connectivity index is 2.58. The minimum atomic E-state index is 0.601. The van der Waals surface area contributed by atoms with Crippen LogP contribution in [-0.2, 0) is 24.1 Å². The zero-order valence-electron chi connectivity index (χ0n) is 11.3. The molecule has 1 rings (SSSR count). The van der Waals surface area contributed by atoms with Gasteiger partial charge in [0.05, 0.1) is 28.1 Å². The molecule has 0 radical (unpaired) electrons. The highest BCUT2D eigenvalue weighted by molar-refractivity contribution is 14.1. The van der Waals surface area contributed by atoms with Crippen molar-refractivity contribution in [3.8, 4) is 0 Å². The number of halogens is 1. The third-order valence-electron chi connectivity index (χ3n) is 2.63. The van der Waals surface area contributed by atoms with Crippen LogP contribution in [0, 0.1) is 9.49 Å². The predicted octanol–water partition coefficient (Wildman–Crippen LogP) is 3.29. The van der Waals surface area contributed by atoms with Gasteiger partial charge in [0.25, 0.3) is 0 Å². The van der Waals surface area contributed by atoms with Crippen LogP contribution in [0.1, 0.15) is 39.1 Å². The maximum Gasteiger partial charge on any atom is 0.0758 e. The van der Waals surface area contributed by atoms with Crippen molar-refractivity contribution in [2.75, 3.05) is 13.2 Å². The van der Waals surface area contributed by atoms with Crippen molar-refractivity contribution in [1.29, 1.82) is 0 Å². The lowest BCUT2D eigenvalue weighted by atomic mass is 10.2. The number of hydrogen-bond acceptors (Lipinski definition) is 2. The van der Waals surface area contributed by atoms with Gasteiger partial charge in [0.2, 0.25) is 0 Å². The van der Waals surface area contributed by atoms with Gasteiger partial charge in [-0.25, -0.2) is 0 Å². The third kappa shape index (κ3) is 4.25. The second-order valence-corrected chi connectivity index (χ2v) is 5.69. The van der Waals surface area contributed by atoms with E-state index in [0.717, 1.165) is 32.6 Å². The Labute approximate surface area is 118 Å². The highest BCUT2D eigenvalue weighted by atomic mass is 127. The van der Waals surface area contributed by atoms with Crippen molar-refractivity contribution in [1.82, 2.24) is 9.78 Å². The number of nitrogens with zero attached hydrogens (tertiary/aromatic N) is 2. The van der Waals surface area contributed by atoms with Gasteiger partial charge in [0, 0.05) is 6.61 Å². The van der Waals surface area contributed by atoms with Gasteiger partial charge in [0.15, 0.2) is 0 Å². The van der Waals surface area contributed by atoms with Gasteiger partial charge >= 0.3 is 0 Å². The fourth-order valence-corrected chi connectivity index (χ4v) is 2.90. The van der Waals surface area contributed by atoms with Gasteiger partial charge in [-0.3, -0.25) is 4.68 Å². The lowest BCUT2D eigenvalue weighted by molar-refractivity contribution is 0.100. The molecule has 0 fully saturated rings. The Morgan fingerprint density at radius 1 is 1.29 bits per heavy atom. The molecule has 17 heavy (non-hydrogen) atoms. The minimum absolute atomic E-state index is 0.601. The first-order valence-corrected chi connectivity index (χ1v) is 7.49. The zero-order valence-corrected chi connectivity index (χ0v) is 13.5. The summed E-state index contributed by atoms with van der Waals surface area (Å²) in [6.07, 6.45) is 2.04. The highest BCUT2D eigenvalue weighted by Gasteiger charge is 2.12. The molecule has 0 spiro atoms. The van der Waals surface area contributed by atoms with Crippen LogP contribution in [0.15, 0.2) is 0 Å². The molecule has 1 aromatic rings. The van der Waals surface area contributed by atoms with Gasteiger partial charge in [0.1, 0.15) is 0 Å². The van der Waals surface area contributed by atoms with Gasteiger partial charge in [-0.1, -0.05) is 27.7 Å². The normalized spacial score (nSPS) is 11.4. The molecule has 0 atom stereocenters. The monoisotopic (exact) mass is 350 g/mol. The largest absolute Gasteiger partial charge is 0.379 e. The first kappa shape index (κ1) is 15.0. The molecular formula is C13H23IN2O. The summed E-state index contributed by atoms with van der Waals surface area (Å²) in [5.74, 6) is 0.601. The van der Waals surface area contributed by atoms with Crippen molar-refractivity contribution in [2.45, 2.75) is 47.1 Å². The fourth-order valence-electron chi connectivity index (χ4n) is 1.75. The summed E-state index contributed by atoms with van der Waals surface area (Å²) in [6, 6.07) is 0. The van der Waals surface area contributed by atoms with Gasteiger partial charge in [-0.05, 0) is 41.4 Å². The van der Waals surface area contributed by atoms with Crippen molar-refractivity contribution in [3.63, 3.8) is 0 Å². The summed E-state index contributed by atoms with van der Waals surface area (Å²) in [7, 11) is 0. The number of aromatic nitrogens is 2. The molecule has 0 amide bonds. The van der Waals surface area contributed by atoms with Crippen LogP contribution >= 0.6 is 22.6 Å². The van der Waals surface area contributed by atoms with Gasteiger partial charge in [-0.2, -0.15) is 5.10 Å². The summed E-state index contributed by atoms with van der Waals surface area (Å²) >= 11 is 2.41. The Bertz CT molecular complexity index is 347. The summed E-state index contributed by atoms with van der Waals surface area (Å²) < 4.78 is 9.06. The molecule has 0 bridgehead atoms. The van der Waals surface area contributed by atoms with E-state index in [1.807, 2.05) is 0 Å². The predicted molar refractivity (Wildman–Crippen MR) is 79.4 cm³/mol. The van der Waals surface area contributed by atoms with Crippen LogP contribution in [0.5, 0.6) is 0 Å². The van der Waals surface area contributed by atoms with Crippen LogP contribution in [0.25, 0.3) is 0 Å². The maximum absolute atomic E-state index is 5.62. The van der Waals surface area contributed by atoms with E-state index in [0.29, 0.717) is 5.92 Å². The summed E-state index contributed by atoms with van der Waals surface area (Å²) in [5.41, 5.74) is 2.56. The van der Waals surface area contributed by atoms with Gasteiger partial charge in [-0.15, -0.1) is 0 Å². The fraction of sp³-hybridized carbons (Fsp3) is 0.769. The van der Waals surface area contributed by atoms with E-state index in [9.17, 15) is 0 Å². The Kier molecular flexibility index (Phi) is 6.48. The van der Waals surface area contributed by atoms with Crippen molar-refractivity contribution >= 4 is 22.6 Å². The van der Waals surface area contributed by atoms with Crippen molar-refractivity contribution < 1.29 is 4.74 Å². The van der Waals surface area contributed by atoms with E-state index in [1.165, 1.54) is 15.0 Å². The van der Waals surface area contributed by atoms with E-state index in [2.05, 4.69) is 60.1 Å². The molecule has 1 aromatic heterocycles. The number of aryl methyl sites for hydroxylation is 1. The lowest BCUT2D eigenvalue weighted by Gasteiger charge is -2.08. The second kappa shape index (κ2) is 7.36. The summed E-state index contributed by atoms with van der Waals surface area (Å²) in [6.45, 7) is 11.1. The van der Waals surface area contributed by atoms with E-state index in [4.69, 9.17) is 4.74 Å². The first-order chi connectivity index (χ1) is 8.10. The Morgan fingerprint density at radius 3 is 2.53 bits per heavy atom. The molecule has 0 aromatic carbocycles. The molecular weight excluding hydrogens is 327 g/mol. The van der Waals surface area contributed by atoms with Crippen LogP contribution < -0.4 is 0 Å². The van der Waals surface area contributed by atoms with E-state index in [1.54, 1.807) is 0 Å². The number of hydrogen-bond donors (Lipinski definition) is 0. The summed E-state index contributed by atoms with van der Waals surface area (Å²) in [4.78, 5) is 0. The smallest absolute Gasteiger partial charge is 0.0758 e. The van der Waals surface area contributed by atoms with Crippen LogP contribution in [0.2, 0.25) is 0 Å². The highest BCUT2D eigenvalue weighted by Crippen LogP contribution is 2.18. The second-order valence-electron chi connectivity index (χ2n) is 4.61. The Morgan fingerprint density at radius 2 is 2.00 bits per heavy atom. The van der Waals surface area contributed by atoms with Gasteiger partial charge < -0.3 is 4.74 Å². The van der Waals surface area contributed by atoms with E-state index < -0.39 is 0 Å². The van der Waals surface area contributed by atoms with Crippen molar-refractivity contribution in [3.05, 3.63) is 15.0 Å².